The van der Waals surface area contributed by atoms with Gasteiger partial charge in [0, 0.05) is 28.1 Å². The maximum absolute atomic E-state index is 14.2. The van der Waals surface area contributed by atoms with Crippen LogP contribution in [0.3, 0.4) is 0 Å². The molecule has 5 rings (SSSR count). The molecule has 0 spiro atoms. The van der Waals surface area contributed by atoms with Crippen LogP contribution in [0.15, 0.2) is 70.6 Å². The van der Waals surface area contributed by atoms with E-state index in [1.54, 1.807) is 36.4 Å². The molecule has 0 unspecified atom stereocenters. The van der Waals surface area contributed by atoms with Crippen LogP contribution < -0.4 is 15.0 Å². The monoisotopic (exact) mass is 519 g/mol. The van der Waals surface area contributed by atoms with Crippen LogP contribution in [0.1, 0.15) is 55.0 Å². The van der Waals surface area contributed by atoms with E-state index in [9.17, 15) is 9.18 Å². The zero-order valence-electron chi connectivity index (χ0n) is 20.5. The van der Waals surface area contributed by atoms with Crippen molar-refractivity contribution in [1.29, 1.82) is 0 Å². The Kier molecular flexibility index (Phi) is 7.51. The summed E-state index contributed by atoms with van der Waals surface area (Å²) in [6, 6.07) is 17.0. The van der Waals surface area contributed by atoms with Crippen molar-refractivity contribution < 1.29 is 13.9 Å². The molecule has 1 fully saturated rings. The minimum atomic E-state index is -0.364. The van der Waals surface area contributed by atoms with Crippen molar-refractivity contribution in [2.24, 2.45) is 5.10 Å². The second-order valence-corrected chi connectivity index (χ2v) is 9.53. The van der Waals surface area contributed by atoms with Crippen molar-refractivity contribution in [3.8, 4) is 11.5 Å². The van der Waals surface area contributed by atoms with Crippen molar-refractivity contribution in [3.05, 3.63) is 98.8 Å². The highest BCUT2D eigenvalue weighted by Crippen LogP contribution is 2.35. The first kappa shape index (κ1) is 25.0. The third kappa shape index (κ3) is 5.37. The Morgan fingerprint density at radius 1 is 1.11 bits per heavy atom. The number of benzene rings is 3. The normalized spacial score (nSPS) is 14.4. The van der Waals surface area contributed by atoms with Crippen LogP contribution in [0.5, 0.6) is 11.5 Å². The van der Waals surface area contributed by atoms with E-state index in [-0.39, 0.29) is 23.9 Å². The van der Waals surface area contributed by atoms with Gasteiger partial charge in [0.05, 0.1) is 24.2 Å². The highest BCUT2D eigenvalue weighted by atomic mass is 35.5. The Bertz CT molecular complexity index is 1510. The fourth-order valence-corrected chi connectivity index (χ4v) is 4.97. The van der Waals surface area contributed by atoms with E-state index in [1.165, 1.54) is 30.5 Å². The summed E-state index contributed by atoms with van der Waals surface area (Å²) in [5.74, 6) is 1.16. The molecule has 1 aromatic heterocycles. The van der Waals surface area contributed by atoms with E-state index in [0.29, 0.717) is 44.4 Å². The second-order valence-electron chi connectivity index (χ2n) is 9.09. The number of ether oxygens (including phenoxy) is 2. The molecule has 0 bridgehead atoms. The van der Waals surface area contributed by atoms with Crippen LogP contribution in [-0.4, -0.2) is 23.0 Å². The van der Waals surface area contributed by atoms with Crippen LogP contribution in [0.4, 0.5) is 4.39 Å². The highest BCUT2D eigenvalue weighted by molar-refractivity contribution is 6.31. The smallest absolute Gasteiger partial charge is 0.282 e. The van der Waals surface area contributed by atoms with Crippen LogP contribution in [0.2, 0.25) is 5.02 Å². The lowest BCUT2D eigenvalue weighted by molar-refractivity contribution is 0.279. The van der Waals surface area contributed by atoms with E-state index >= 15 is 0 Å². The average molecular weight is 520 g/mol. The molecule has 1 saturated carbocycles. The number of methoxy groups -OCH3 is 1. The van der Waals surface area contributed by atoms with Crippen LogP contribution in [-0.2, 0) is 6.61 Å². The van der Waals surface area contributed by atoms with Gasteiger partial charge in [-0.25, -0.2) is 9.37 Å². The predicted octanol–water partition coefficient (Wildman–Crippen LogP) is 6.71. The molecule has 4 aromatic rings. The number of aromatic nitrogens is 2. The molecule has 0 amide bonds. The summed E-state index contributed by atoms with van der Waals surface area (Å²) in [5, 5.41) is 5.51. The molecule has 1 aliphatic rings. The van der Waals surface area contributed by atoms with E-state index in [4.69, 9.17) is 26.1 Å². The standard InChI is InChI=1S/C29H27ClFN3O3/c1-36-26-16-22(30)15-21(27(26)37-18-20-11-5-7-13-24(20)31)17-32-34-28(19-9-3-2-4-10-19)33-25-14-8-6-12-23(25)29(34)35/h5-8,11-17,19H,2-4,9-10,18H2,1H3. The van der Waals surface area contributed by atoms with Gasteiger partial charge in [-0.2, -0.15) is 9.78 Å². The van der Waals surface area contributed by atoms with Gasteiger partial charge in [0.2, 0.25) is 0 Å². The van der Waals surface area contributed by atoms with Crippen molar-refractivity contribution in [2.45, 2.75) is 44.6 Å². The number of para-hydroxylation sites is 1. The molecular weight excluding hydrogens is 493 g/mol. The zero-order chi connectivity index (χ0) is 25.8. The molecule has 0 saturated heterocycles. The van der Waals surface area contributed by atoms with Gasteiger partial charge in [-0.1, -0.05) is 61.2 Å². The van der Waals surface area contributed by atoms with Gasteiger partial charge in [0.1, 0.15) is 18.2 Å². The summed E-state index contributed by atoms with van der Waals surface area (Å²) in [7, 11) is 1.50. The topological polar surface area (TPSA) is 65.7 Å². The van der Waals surface area contributed by atoms with Crippen LogP contribution >= 0.6 is 11.6 Å². The zero-order valence-corrected chi connectivity index (χ0v) is 21.2. The largest absolute Gasteiger partial charge is 0.493 e. The molecule has 37 heavy (non-hydrogen) atoms. The summed E-state index contributed by atoms with van der Waals surface area (Å²) < 4.78 is 27.1. The van der Waals surface area contributed by atoms with Crippen LogP contribution in [0, 0.1) is 5.82 Å². The molecule has 3 aromatic carbocycles. The summed E-state index contributed by atoms with van der Waals surface area (Å²) in [6.45, 7) is -0.0176. The van der Waals surface area contributed by atoms with E-state index < -0.39 is 0 Å². The predicted molar refractivity (Wildman–Crippen MR) is 144 cm³/mol. The maximum atomic E-state index is 14.2. The third-order valence-corrected chi connectivity index (χ3v) is 6.88. The molecule has 1 aliphatic carbocycles. The Morgan fingerprint density at radius 2 is 1.86 bits per heavy atom. The molecule has 8 heteroatoms. The molecule has 0 radical (unpaired) electrons. The average Bonchev–Trinajstić information content (AvgIpc) is 2.92. The number of rotatable bonds is 7. The van der Waals surface area contributed by atoms with Gasteiger partial charge in [-0.15, -0.1) is 0 Å². The van der Waals surface area contributed by atoms with Gasteiger partial charge in [-0.05, 0) is 37.1 Å². The van der Waals surface area contributed by atoms with Crippen molar-refractivity contribution in [1.82, 2.24) is 9.66 Å². The van der Waals surface area contributed by atoms with E-state index in [2.05, 4.69) is 5.10 Å². The second kappa shape index (κ2) is 11.1. The molecule has 1 heterocycles. The molecular formula is C29H27ClFN3O3. The molecule has 0 N–H and O–H groups in total. The number of hydrogen-bond acceptors (Lipinski definition) is 5. The first-order chi connectivity index (χ1) is 18.0. The number of halogens is 2. The Hall–Kier alpha value is -3.71. The van der Waals surface area contributed by atoms with E-state index in [0.717, 1.165) is 25.7 Å². The fraction of sp³-hybridized carbons (Fsp3) is 0.276. The lowest BCUT2D eigenvalue weighted by Crippen LogP contribution is -2.25. The van der Waals surface area contributed by atoms with Gasteiger partial charge in [0.25, 0.3) is 5.56 Å². The Morgan fingerprint density at radius 3 is 2.65 bits per heavy atom. The van der Waals surface area contributed by atoms with Gasteiger partial charge in [-0.3, -0.25) is 4.79 Å². The number of fused-ring (bicyclic) bond motifs is 1. The quantitative estimate of drug-likeness (QED) is 0.255. The summed E-state index contributed by atoms with van der Waals surface area (Å²) >= 11 is 6.35. The fourth-order valence-electron chi connectivity index (χ4n) is 4.75. The lowest BCUT2D eigenvalue weighted by atomic mass is 9.88. The van der Waals surface area contributed by atoms with Gasteiger partial charge < -0.3 is 9.47 Å². The SMILES string of the molecule is COc1cc(Cl)cc(C=Nn2c(C3CCCCC3)nc3ccccc3c2=O)c1OCc1ccccc1F. The van der Waals surface area contributed by atoms with Crippen LogP contribution in [0.25, 0.3) is 10.9 Å². The number of nitrogens with zero attached hydrogens (tertiary/aromatic N) is 3. The molecule has 0 aliphatic heterocycles. The first-order valence-electron chi connectivity index (χ1n) is 12.3. The molecule has 0 atom stereocenters. The Balaban J connectivity index is 1.58. The van der Waals surface area contributed by atoms with Gasteiger partial charge >= 0.3 is 0 Å². The first-order valence-corrected chi connectivity index (χ1v) is 12.7. The minimum absolute atomic E-state index is 0.0176. The summed E-state index contributed by atoms with van der Waals surface area (Å²) in [4.78, 5) is 18.4. The minimum Gasteiger partial charge on any atom is -0.493 e. The molecule has 6 nitrogen and oxygen atoms in total. The third-order valence-electron chi connectivity index (χ3n) is 6.66. The lowest BCUT2D eigenvalue weighted by Gasteiger charge is -2.22. The Labute approximate surface area is 219 Å². The maximum Gasteiger partial charge on any atom is 0.282 e. The number of hydrogen-bond donors (Lipinski definition) is 0. The van der Waals surface area contributed by atoms with E-state index in [1.807, 2.05) is 18.2 Å². The van der Waals surface area contributed by atoms with Gasteiger partial charge in [0.15, 0.2) is 11.5 Å². The van der Waals surface area contributed by atoms with Crippen molar-refractivity contribution >= 4 is 28.7 Å². The summed E-state index contributed by atoms with van der Waals surface area (Å²) in [5.41, 5.74) is 1.33. The highest BCUT2D eigenvalue weighted by Gasteiger charge is 2.22. The van der Waals surface area contributed by atoms with Crippen molar-refractivity contribution in [2.75, 3.05) is 7.11 Å². The summed E-state index contributed by atoms with van der Waals surface area (Å²) in [6.07, 6.45) is 6.82. The van der Waals surface area contributed by atoms with Crippen molar-refractivity contribution in [3.63, 3.8) is 0 Å². The molecule has 190 valence electrons.